The summed E-state index contributed by atoms with van der Waals surface area (Å²) in [6.45, 7) is 0. The molecule has 10 nitrogen and oxygen atoms in total. The van der Waals surface area contributed by atoms with Crippen LogP contribution in [0.15, 0.2) is 18.2 Å². The lowest BCUT2D eigenvalue weighted by Gasteiger charge is -2.18. The molecule has 1 fully saturated rings. The number of nitrogens with one attached hydrogen (secondary N) is 2. The van der Waals surface area contributed by atoms with Crippen LogP contribution in [0.5, 0.6) is 5.75 Å². The second-order valence-corrected chi connectivity index (χ2v) is 5.52. The predicted octanol–water partition coefficient (Wildman–Crippen LogP) is -0.00610. The number of nitrogens with zero attached hydrogens (tertiary/aromatic N) is 1. The zero-order valence-corrected chi connectivity index (χ0v) is 13.4. The van der Waals surface area contributed by atoms with E-state index in [4.69, 9.17) is 4.74 Å². The standard InChI is InChI=1S/C15H17N3O7/c1-25-12-4-2-9(18(23)24)6-8(12)7-11(15(21)22)17-14(20)10-3-5-13(19)16-10/h2,4,6,10-11H,3,5,7H2,1H3,(H,16,19)(H,17,20)(H,21,22)/t10-,11+/m1/s1. The summed E-state index contributed by atoms with van der Waals surface area (Å²) in [5.41, 5.74) is 0.0641. The smallest absolute Gasteiger partial charge is 0.326 e. The molecule has 25 heavy (non-hydrogen) atoms. The van der Waals surface area contributed by atoms with Gasteiger partial charge in [0.05, 0.1) is 12.0 Å². The van der Waals surface area contributed by atoms with E-state index >= 15 is 0 Å². The molecular formula is C15H17N3O7. The fourth-order valence-corrected chi connectivity index (χ4v) is 2.54. The average Bonchev–Trinajstić information content (AvgIpc) is 3.00. The number of benzene rings is 1. The summed E-state index contributed by atoms with van der Waals surface area (Å²) in [6, 6.07) is 1.72. The Kier molecular flexibility index (Phi) is 5.52. The van der Waals surface area contributed by atoms with Gasteiger partial charge in [-0.1, -0.05) is 0 Å². The number of hydrogen-bond donors (Lipinski definition) is 3. The molecule has 1 aliphatic rings. The lowest BCUT2D eigenvalue weighted by atomic mass is 10.0. The minimum absolute atomic E-state index is 0.202. The number of carbonyl (C=O) groups is 3. The van der Waals surface area contributed by atoms with Crippen LogP contribution >= 0.6 is 0 Å². The van der Waals surface area contributed by atoms with Crippen LogP contribution in [-0.4, -0.2) is 47.0 Å². The van der Waals surface area contributed by atoms with Crippen LogP contribution in [0.25, 0.3) is 0 Å². The maximum atomic E-state index is 12.1. The van der Waals surface area contributed by atoms with Gasteiger partial charge in [0.2, 0.25) is 11.8 Å². The number of carboxylic acids is 1. The molecule has 0 unspecified atom stereocenters. The molecule has 134 valence electrons. The Morgan fingerprint density at radius 2 is 2.24 bits per heavy atom. The highest BCUT2D eigenvalue weighted by Crippen LogP contribution is 2.25. The van der Waals surface area contributed by atoms with Crippen LogP contribution in [-0.2, 0) is 20.8 Å². The summed E-state index contributed by atoms with van der Waals surface area (Å²) < 4.78 is 5.09. The molecule has 10 heteroatoms. The Morgan fingerprint density at radius 3 is 2.76 bits per heavy atom. The summed E-state index contributed by atoms with van der Waals surface area (Å²) in [4.78, 5) is 45.0. The number of nitro benzene ring substituents is 1. The number of aliphatic carboxylic acids is 1. The van der Waals surface area contributed by atoms with Crippen LogP contribution in [0.1, 0.15) is 18.4 Å². The minimum atomic E-state index is -1.32. The van der Waals surface area contributed by atoms with Crippen molar-refractivity contribution in [2.24, 2.45) is 0 Å². The quantitative estimate of drug-likeness (QED) is 0.462. The van der Waals surface area contributed by atoms with Crippen LogP contribution in [0, 0.1) is 10.1 Å². The van der Waals surface area contributed by atoms with E-state index in [0.717, 1.165) is 0 Å². The third kappa shape index (κ3) is 4.43. The Labute approximate surface area is 142 Å². The maximum Gasteiger partial charge on any atom is 0.326 e. The molecule has 0 radical (unpaired) electrons. The Hall–Kier alpha value is -3.17. The van der Waals surface area contributed by atoms with E-state index in [1.54, 1.807) is 0 Å². The molecule has 1 aliphatic heterocycles. The molecule has 1 saturated heterocycles. The summed E-state index contributed by atoms with van der Waals surface area (Å²) in [6.07, 6.45) is 0.290. The molecule has 0 saturated carbocycles. The van der Waals surface area contributed by atoms with Crippen molar-refractivity contribution in [3.05, 3.63) is 33.9 Å². The van der Waals surface area contributed by atoms with Crippen molar-refractivity contribution >= 4 is 23.5 Å². The number of hydrogen-bond acceptors (Lipinski definition) is 6. The molecular weight excluding hydrogens is 334 g/mol. The zero-order chi connectivity index (χ0) is 18.6. The summed E-state index contributed by atoms with van der Waals surface area (Å²) in [5, 5.41) is 25.0. The van der Waals surface area contributed by atoms with Crippen LogP contribution in [0.2, 0.25) is 0 Å². The van der Waals surface area contributed by atoms with Crippen molar-refractivity contribution in [2.45, 2.75) is 31.3 Å². The van der Waals surface area contributed by atoms with Crippen molar-refractivity contribution in [3.63, 3.8) is 0 Å². The Bertz CT molecular complexity index is 719. The molecule has 2 atom stereocenters. The number of nitro groups is 1. The van der Waals surface area contributed by atoms with Gasteiger partial charge in [0.15, 0.2) is 0 Å². The van der Waals surface area contributed by atoms with E-state index in [-0.39, 0.29) is 42.2 Å². The lowest BCUT2D eigenvalue weighted by Crippen LogP contribution is -2.49. The largest absolute Gasteiger partial charge is 0.496 e. The Morgan fingerprint density at radius 1 is 1.52 bits per heavy atom. The van der Waals surface area contributed by atoms with Gasteiger partial charge in [0.25, 0.3) is 5.69 Å². The molecule has 1 aromatic carbocycles. The van der Waals surface area contributed by atoms with Gasteiger partial charge in [-0.3, -0.25) is 19.7 Å². The van der Waals surface area contributed by atoms with Crippen molar-refractivity contribution in [1.82, 2.24) is 10.6 Å². The fraction of sp³-hybridized carbons (Fsp3) is 0.400. The number of carbonyl (C=O) groups excluding carboxylic acids is 2. The number of methoxy groups -OCH3 is 1. The van der Waals surface area contributed by atoms with E-state index in [9.17, 15) is 29.6 Å². The predicted molar refractivity (Wildman–Crippen MR) is 84.1 cm³/mol. The summed E-state index contributed by atoms with van der Waals surface area (Å²) in [7, 11) is 1.35. The van der Waals surface area contributed by atoms with Gasteiger partial charge in [-0.25, -0.2) is 4.79 Å². The average molecular weight is 351 g/mol. The summed E-state index contributed by atoms with van der Waals surface area (Å²) >= 11 is 0. The first-order valence-corrected chi connectivity index (χ1v) is 7.45. The minimum Gasteiger partial charge on any atom is -0.496 e. The highest BCUT2D eigenvalue weighted by Gasteiger charge is 2.31. The van der Waals surface area contributed by atoms with Gasteiger partial charge in [-0.05, 0) is 12.5 Å². The first-order valence-electron chi connectivity index (χ1n) is 7.45. The van der Waals surface area contributed by atoms with E-state index in [2.05, 4.69) is 10.6 Å². The fourth-order valence-electron chi connectivity index (χ4n) is 2.54. The van der Waals surface area contributed by atoms with Gasteiger partial charge >= 0.3 is 5.97 Å². The number of ether oxygens (including phenoxy) is 1. The number of rotatable bonds is 7. The first-order chi connectivity index (χ1) is 11.8. The molecule has 0 bridgehead atoms. The molecule has 0 aliphatic carbocycles. The highest BCUT2D eigenvalue weighted by molar-refractivity contribution is 5.92. The van der Waals surface area contributed by atoms with Crippen molar-refractivity contribution in [1.29, 1.82) is 0 Å². The van der Waals surface area contributed by atoms with Crippen molar-refractivity contribution in [2.75, 3.05) is 7.11 Å². The monoisotopic (exact) mass is 351 g/mol. The van der Waals surface area contributed by atoms with Crippen molar-refractivity contribution < 1.29 is 29.2 Å². The summed E-state index contributed by atoms with van der Waals surface area (Å²) in [5.74, 6) is -1.90. The van der Waals surface area contributed by atoms with Gasteiger partial charge in [0.1, 0.15) is 17.8 Å². The van der Waals surface area contributed by atoms with E-state index in [1.807, 2.05) is 0 Å². The lowest BCUT2D eigenvalue weighted by molar-refractivity contribution is -0.384. The Balaban J connectivity index is 2.17. The molecule has 1 aromatic rings. The zero-order valence-electron chi connectivity index (χ0n) is 13.4. The van der Waals surface area contributed by atoms with Crippen LogP contribution < -0.4 is 15.4 Å². The normalized spacial score (nSPS) is 17.5. The van der Waals surface area contributed by atoms with Gasteiger partial charge in [-0.2, -0.15) is 0 Å². The molecule has 3 N–H and O–H groups in total. The van der Waals surface area contributed by atoms with Gasteiger partial charge in [0, 0.05) is 30.5 Å². The number of carboxylic acid groups (broad SMARTS) is 1. The molecule has 0 aromatic heterocycles. The maximum absolute atomic E-state index is 12.1. The van der Waals surface area contributed by atoms with Gasteiger partial charge in [-0.15, -0.1) is 0 Å². The van der Waals surface area contributed by atoms with Crippen LogP contribution in [0.3, 0.4) is 0 Å². The molecule has 0 spiro atoms. The number of non-ortho nitro benzene ring substituents is 1. The van der Waals surface area contributed by atoms with Crippen molar-refractivity contribution in [3.8, 4) is 5.75 Å². The SMILES string of the molecule is COc1ccc([N+](=O)[O-])cc1C[C@H](NC(=O)[C@H]1CCC(=O)N1)C(=O)O. The highest BCUT2D eigenvalue weighted by atomic mass is 16.6. The first kappa shape index (κ1) is 18.2. The third-order valence-electron chi connectivity index (χ3n) is 3.83. The second-order valence-electron chi connectivity index (χ2n) is 5.52. The van der Waals surface area contributed by atoms with E-state index in [1.165, 1.54) is 25.3 Å². The molecule has 1 heterocycles. The van der Waals surface area contributed by atoms with E-state index in [0.29, 0.717) is 0 Å². The number of amides is 2. The molecule has 2 rings (SSSR count). The van der Waals surface area contributed by atoms with Crippen LogP contribution in [0.4, 0.5) is 5.69 Å². The second kappa shape index (κ2) is 7.60. The topological polar surface area (TPSA) is 148 Å². The van der Waals surface area contributed by atoms with Gasteiger partial charge < -0.3 is 20.5 Å². The van der Waals surface area contributed by atoms with E-state index < -0.39 is 28.9 Å². The molecule has 2 amide bonds. The third-order valence-corrected chi connectivity index (χ3v) is 3.83.